The zero-order chi connectivity index (χ0) is 16.9. The highest BCUT2D eigenvalue weighted by atomic mass is 16.3. The van der Waals surface area contributed by atoms with E-state index >= 15 is 0 Å². The van der Waals surface area contributed by atoms with Gasteiger partial charge in [0, 0.05) is 13.1 Å². The fourth-order valence-corrected chi connectivity index (χ4v) is 2.97. The lowest BCUT2D eigenvalue weighted by Crippen LogP contribution is -2.32. The minimum absolute atomic E-state index is 0.0799. The zero-order valence-electron chi connectivity index (χ0n) is 13.6. The highest BCUT2D eigenvalue weighted by Gasteiger charge is 2.22. The van der Waals surface area contributed by atoms with E-state index in [9.17, 15) is 9.90 Å². The third-order valence-corrected chi connectivity index (χ3v) is 4.34. The highest BCUT2D eigenvalue weighted by Crippen LogP contribution is 2.19. The van der Waals surface area contributed by atoms with Gasteiger partial charge in [-0.25, -0.2) is 4.98 Å². The molecule has 24 heavy (non-hydrogen) atoms. The van der Waals surface area contributed by atoms with Gasteiger partial charge in [0.15, 0.2) is 5.69 Å². The monoisotopic (exact) mass is 329 g/mol. The fourth-order valence-electron chi connectivity index (χ4n) is 2.97. The summed E-state index contributed by atoms with van der Waals surface area (Å²) in [6.45, 7) is 1.56. The van der Waals surface area contributed by atoms with Gasteiger partial charge in [-0.3, -0.25) is 4.79 Å². The SMILES string of the molecule is NC(Cc1ccc(O)cc1)c1nc(C(=O)N2CCCCCC2)co1. The van der Waals surface area contributed by atoms with Crippen LogP contribution in [0.2, 0.25) is 0 Å². The van der Waals surface area contributed by atoms with Crippen molar-refractivity contribution in [3.05, 3.63) is 47.7 Å². The van der Waals surface area contributed by atoms with E-state index in [0.29, 0.717) is 18.0 Å². The molecule has 1 fully saturated rings. The molecule has 128 valence electrons. The number of oxazole rings is 1. The van der Waals surface area contributed by atoms with Crippen LogP contribution in [0.5, 0.6) is 5.75 Å². The minimum Gasteiger partial charge on any atom is -0.508 e. The second kappa shape index (κ2) is 7.49. The summed E-state index contributed by atoms with van der Waals surface area (Å²) in [5.74, 6) is 0.499. The van der Waals surface area contributed by atoms with E-state index in [-0.39, 0.29) is 11.7 Å². The van der Waals surface area contributed by atoms with E-state index < -0.39 is 6.04 Å². The first-order valence-corrected chi connectivity index (χ1v) is 8.41. The number of aromatic nitrogens is 1. The van der Waals surface area contributed by atoms with Crippen LogP contribution < -0.4 is 5.73 Å². The second-order valence-electron chi connectivity index (χ2n) is 6.25. The normalized spacial score (nSPS) is 16.6. The Labute approximate surface area is 141 Å². The van der Waals surface area contributed by atoms with Crippen LogP contribution in [0.4, 0.5) is 0 Å². The number of likely N-dealkylation sites (tertiary alicyclic amines) is 1. The number of carbonyl (C=O) groups is 1. The van der Waals surface area contributed by atoms with Gasteiger partial charge in [-0.05, 0) is 37.0 Å². The Kier molecular flexibility index (Phi) is 5.15. The zero-order valence-corrected chi connectivity index (χ0v) is 13.6. The quantitative estimate of drug-likeness (QED) is 0.899. The number of nitrogens with zero attached hydrogens (tertiary/aromatic N) is 2. The van der Waals surface area contributed by atoms with E-state index in [0.717, 1.165) is 31.5 Å². The molecule has 1 aliphatic rings. The Morgan fingerprint density at radius 2 is 1.88 bits per heavy atom. The summed E-state index contributed by atoms with van der Waals surface area (Å²) >= 11 is 0. The molecule has 3 rings (SSSR count). The maximum atomic E-state index is 12.5. The molecule has 1 saturated heterocycles. The average Bonchev–Trinajstić information content (AvgIpc) is 2.92. The molecule has 0 saturated carbocycles. The Hall–Kier alpha value is -2.34. The summed E-state index contributed by atoms with van der Waals surface area (Å²) in [5, 5.41) is 9.31. The lowest BCUT2D eigenvalue weighted by Gasteiger charge is -2.18. The van der Waals surface area contributed by atoms with Crippen LogP contribution in [-0.4, -0.2) is 34.0 Å². The molecule has 3 N–H and O–H groups in total. The number of carbonyl (C=O) groups excluding carboxylic acids is 1. The van der Waals surface area contributed by atoms with E-state index in [1.807, 2.05) is 4.90 Å². The van der Waals surface area contributed by atoms with Gasteiger partial charge < -0.3 is 20.2 Å². The van der Waals surface area contributed by atoms with Crippen molar-refractivity contribution in [1.82, 2.24) is 9.88 Å². The second-order valence-corrected chi connectivity index (χ2v) is 6.25. The number of phenolic OH excluding ortho intramolecular Hbond substituents is 1. The van der Waals surface area contributed by atoms with Gasteiger partial charge in [0.25, 0.3) is 5.91 Å². The third-order valence-electron chi connectivity index (χ3n) is 4.34. The summed E-state index contributed by atoms with van der Waals surface area (Å²) in [6, 6.07) is 6.42. The van der Waals surface area contributed by atoms with Crippen LogP contribution in [-0.2, 0) is 6.42 Å². The molecular weight excluding hydrogens is 306 g/mol. The fraction of sp³-hybridized carbons (Fsp3) is 0.444. The number of rotatable bonds is 4. The van der Waals surface area contributed by atoms with Gasteiger partial charge in [-0.2, -0.15) is 0 Å². The van der Waals surface area contributed by atoms with Crippen molar-refractivity contribution >= 4 is 5.91 Å². The molecule has 0 aliphatic carbocycles. The Balaban J connectivity index is 1.65. The first kappa shape index (κ1) is 16.5. The standard InChI is InChI=1S/C18H23N3O3/c19-15(11-13-5-7-14(22)8-6-13)17-20-16(12-24-17)18(23)21-9-3-1-2-4-10-21/h5-8,12,15,22H,1-4,9-11,19H2. The van der Waals surface area contributed by atoms with Crippen LogP contribution in [0, 0.1) is 0 Å². The number of hydrogen-bond acceptors (Lipinski definition) is 5. The van der Waals surface area contributed by atoms with Gasteiger partial charge >= 0.3 is 0 Å². The van der Waals surface area contributed by atoms with Crippen molar-refractivity contribution in [3.8, 4) is 5.75 Å². The molecule has 6 heteroatoms. The molecule has 2 heterocycles. The van der Waals surface area contributed by atoms with Crippen molar-refractivity contribution in [2.75, 3.05) is 13.1 Å². The lowest BCUT2D eigenvalue weighted by molar-refractivity contribution is 0.0755. The van der Waals surface area contributed by atoms with Crippen molar-refractivity contribution in [2.45, 2.75) is 38.1 Å². The summed E-state index contributed by atoms with van der Waals surface area (Å²) < 4.78 is 5.43. The molecule has 1 aromatic heterocycles. The van der Waals surface area contributed by atoms with Crippen molar-refractivity contribution < 1.29 is 14.3 Å². The molecule has 0 bridgehead atoms. The molecule has 0 spiro atoms. The van der Waals surface area contributed by atoms with Crippen LogP contribution in [0.1, 0.15) is 53.7 Å². The first-order valence-electron chi connectivity index (χ1n) is 8.41. The van der Waals surface area contributed by atoms with Crippen LogP contribution in [0.15, 0.2) is 34.9 Å². The summed E-state index contributed by atoms with van der Waals surface area (Å²) in [7, 11) is 0. The maximum absolute atomic E-state index is 12.5. The molecule has 2 aromatic rings. The number of hydrogen-bond donors (Lipinski definition) is 2. The van der Waals surface area contributed by atoms with Gasteiger partial charge in [0.1, 0.15) is 12.0 Å². The topological polar surface area (TPSA) is 92.6 Å². The average molecular weight is 329 g/mol. The van der Waals surface area contributed by atoms with Gasteiger partial charge in [0.05, 0.1) is 6.04 Å². The summed E-state index contributed by atoms with van der Waals surface area (Å²) in [4.78, 5) is 18.7. The molecule has 0 radical (unpaired) electrons. The maximum Gasteiger partial charge on any atom is 0.275 e. The minimum atomic E-state index is -0.430. The third kappa shape index (κ3) is 3.94. The van der Waals surface area contributed by atoms with Crippen molar-refractivity contribution in [2.24, 2.45) is 5.73 Å². The predicted octanol–water partition coefficient (Wildman–Crippen LogP) is 2.64. The lowest BCUT2D eigenvalue weighted by atomic mass is 10.1. The Bertz CT molecular complexity index is 673. The van der Waals surface area contributed by atoms with E-state index in [1.165, 1.54) is 19.1 Å². The smallest absolute Gasteiger partial charge is 0.275 e. The van der Waals surface area contributed by atoms with Crippen LogP contribution in [0.25, 0.3) is 0 Å². The number of phenols is 1. The molecular formula is C18H23N3O3. The van der Waals surface area contributed by atoms with E-state index in [1.54, 1.807) is 24.3 Å². The molecule has 6 nitrogen and oxygen atoms in total. The molecule has 1 unspecified atom stereocenters. The first-order chi connectivity index (χ1) is 11.6. The van der Waals surface area contributed by atoms with Crippen molar-refractivity contribution in [3.63, 3.8) is 0 Å². The Morgan fingerprint density at radius 3 is 2.54 bits per heavy atom. The highest BCUT2D eigenvalue weighted by molar-refractivity contribution is 5.92. The van der Waals surface area contributed by atoms with E-state index in [2.05, 4.69) is 4.98 Å². The molecule has 1 atom stereocenters. The number of amides is 1. The van der Waals surface area contributed by atoms with Crippen LogP contribution >= 0.6 is 0 Å². The predicted molar refractivity (Wildman–Crippen MR) is 89.6 cm³/mol. The van der Waals surface area contributed by atoms with Gasteiger partial charge in [-0.1, -0.05) is 25.0 Å². The number of benzene rings is 1. The van der Waals surface area contributed by atoms with Crippen molar-refractivity contribution in [1.29, 1.82) is 0 Å². The number of aromatic hydroxyl groups is 1. The number of nitrogens with two attached hydrogens (primary N) is 1. The molecule has 1 amide bonds. The summed E-state index contributed by atoms with van der Waals surface area (Å²) in [5.41, 5.74) is 7.44. The van der Waals surface area contributed by atoms with Gasteiger partial charge in [0.2, 0.25) is 5.89 Å². The largest absolute Gasteiger partial charge is 0.508 e. The Morgan fingerprint density at radius 1 is 1.21 bits per heavy atom. The molecule has 1 aliphatic heterocycles. The van der Waals surface area contributed by atoms with Crippen LogP contribution in [0.3, 0.4) is 0 Å². The summed E-state index contributed by atoms with van der Waals surface area (Å²) in [6.07, 6.45) is 6.35. The van der Waals surface area contributed by atoms with E-state index in [4.69, 9.17) is 10.2 Å². The van der Waals surface area contributed by atoms with Gasteiger partial charge in [-0.15, -0.1) is 0 Å². The molecule has 1 aromatic carbocycles.